The highest BCUT2D eigenvalue weighted by Crippen LogP contribution is 2.68. The van der Waals surface area contributed by atoms with Gasteiger partial charge in [0, 0.05) is 17.5 Å². The Balaban J connectivity index is 2.23. The summed E-state index contributed by atoms with van der Waals surface area (Å²) in [6, 6.07) is -0.000347. The molecule has 1 fully saturated rings. The van der Waals surface area contributed by atoms with Crippen LogP contribution in [0.15, 0.2) is 0 Å². The summed E-state index contributed by atoms with van der Waals surface area (Å²) in [7, 11) is 0. The molecule has 1 saturated carbocycles. The molecule has 0 amide bonds. The second-order valence-electron chi connectivity index (χ2n) is 5.91. The number of aromatic nitrogens is 2. The van der Waals surface area contributed by atoms with Gasteiger partial charge in [0.15, 0.2) is 0 Å². The molecule has 0 aromatic carbocycles. The summed E-state index contributed by atoms with van der Waals surface area (Å²) in [4.78, 5) is 0. The SMILES string of the molecule is CC(C)c1nn(C(C)C)c2c1[C@H]1C[C@H]1C2(F)F. The Morgan fingerprint density at radius 1 is 1.29 bits per heavy atom. The van der Waals surface area contributed by atoms with Crippen LogP contribution in [-0.4, -0.2) is 9.78 Å². The van der Waals surface area contributed by atoms with Crippen LogP contribution in [0, 0.1) is 5.92 Å². The number of fused-ring (bicyclic) bond motifs is 3. The number of rotatable bonds is 2. The van der Waals surface area contributed by atoms with Crippen molar-refractivity contribution >= 4 is 0 Å². The molecule has 0 spiro atoms. The first kappa shape index (κ1) is 11.2. The van der Waals surface area contributed by atoms with E-state index in [9.17, 15) is 8.78 Å². The molecular weight excluding hydrogens is 222 g/mol. The Morgan fingerprint density at radius 3 is 2.47 bits per heavy atom. The molecule has 0 radical (unpaired) electrons. The van der Waals surface area contributed by atoms with Crippen LogP contribution >= 0.6 is 0 Å². The van der Waals surface area contributed by atoms with Gasteiger partial charge in [-0.05, 0) is 32.1 Å². The van der Waals surface area contributed by atoms with Crippen LogP contribution in [-0.2, 0) is 5.92 Å². The van der Waals surface area contributed by atoms with Crippen molar-refractivity contribution in [2.75, 3.05) is 0 Å². The number of alkyl halides is 2. The molecule has 2 aliphatic carbocycles. The van der Waals surface area contributed by atoms with Gasteiger partial charge in [-0.25, -0.2) is 0 Å². The molecule has 2 atom stereocenters. The highest BCUT2D eigenvalue weighted by atomic mass is 19.3. The first-order valence-electron chi connectivity index (χ1n) is 6.36. The minimum Gasteiger partial charge on any atom is -0.260 e. The monoisotopic (exact) mass is 240 g/mol. The van der Waals surface area contributed by atoms with Gasteiger partial charge in [-0.2, -0.15) is 13.9 Å². The zero-order valence-electron chi connectivity index (χ0n) is 10.7. The number of hydrogen-bond acceptors (Lipinski definition) is 1. The lowest BCUT2D eigenvalue weighted by molar-refractivity contribution is -0.0318. The van der Waals surface area contributed by atoms with E-state index < -0.39 is 11.8 Å². The molecule has 2 aliphatic rings. The topological polar surface area (TPSA) is 17.8 Å². The largest absolute Gasteiger partial charge is 0.293 e. The molecule has 2 nitrogen and oxygen atoms in total. The second-order valence-corrected chi connectivity index (χ2v) is 5.91. The Bertz CT molecular complexity index is 474. The Labute approximate surface area is 100 Å². The third kappa shape index (κ3) is 1.27. The first-order chi connectivity index (χ1) is 7.85. The maximum Gasteiger partial charge on any atom is 0.293 e. The van der Waals surface area contributed by atoms with Gasteiger partial charge in [-0.3, -0.25) is 4.68 Å². The molecule has 0 aliphatic heterocycles. The van der Waals surface area contributed by atoms with Crippen molar-refractivity contribution in [1.29, 1.82) is 0 Å². The van der Waals surface area contributed by atoms with Gasteiger partial charge in [-0.15, -0.1) is 0 Å². The summed E-state index contributed by atoms with van der Waals surface area (Å²) in [5.74, 6) is -2.81. The number of hydrogen-bond donors (Lipinski definition) is 0. The van der Waals surface area contributed by atoms with Crippen molar-refractivity contribution < 1.29 is 8.78 Å². The smallest absolute Gasteiger partial charge is 0.260 e. The minimum absolute atomic E-state index is 0.000347. The first-order valence-corrected chi connectivity index (χ1v) is 6.36. The van der Waals surface area contributed by atoms with Gasteiger partial charge < -0.3 is 0 Å². The second kappa shape index (κ2) is 3.09. The summed E-state index contributed by atoms with van der Waals surface area (Å²) in [5, 5.41) is 4.44. The Morgan fingerprint density at radius 2 is 1.94 bits per heavy atom. The lowest BCUT2D eigenvalue weighted by Crippen LogP contribution is -2.21. The molecular formula is C13H18F2N2. The third-order valence-electron chi connectivity index (χ3n) is 3.95. The van der Waals surface area contributed by atoms with E-state index in [1.807, 2.05) is 27.7 Å². The molecule has 0 saturated heterocycles. The average Bonchev–Trinajstić information content (AvgIpc) is 2.83. The molecule has 4 heteroatoms. The normalized spacial score (nSPS) is 28.7. The Hall–Kier alpha value is -0.930. The standard InChI is InChI=1S/C13H18F2N2/c1-6(2)11-10-8-5-9(8)13(14,15)12(10)17(16-11)7(3)4/h6-9H,5H2,1-4H3/t8-,9+/m0/s1. The van der Waals surface area contributed by atoms with Crippen LogP contribution in [0.1, 0.15) is 68.9 Å². The lowest BCUT2D eigenvalue weighted by Gasteiger charge is -2.17. The van der Waals surface area contributed by atoms with Crippen molar-refractivity contribution in [3.63, 3.8) is 0 Å². The van der Waals surface area contributed by atoms with Crippen LogP contribution < -0.4 is 0 Å². The molecule has 94 valence electrons. The van der Waals surface area contributed by atoms with Crippen molar-refractivity contribution in [1.82, 2.24) is 9.78 Å². The molecule has 0 unspecified atom stereocenters. The van der Waals surface area contributed by atoms with Gasteiger partial charge in [0.25, 0.3) is 5.92 Å². The van der Waals surface area contributed by atoms with Crippen LogP contribution in [0.25, 0.3) is 0 Å². The molecule has 17 heavy (non-hydrogen) atoms. The fourth-order valence-corrected chi connectivity index (χ4v) is 3.05. The van der Waals surface area contributed by atoms with Gasteiger partial charge >= 0.3 is 0 Å². The van der Waals surface area contributed by atoms with E-state index in [4.69, 9.17) is 0 Å². The van der Waals surface area contributed by atoms with Crippen molar-refractivity contribution in [2.24, 2.45) is 5.92 Å². The van der Waals surface area contributed by atoms with E-state index in [0.717, 1.165) is 11.3 Å². The van der Waals surface area contributed by atoms with E-state index in [0.29, 0.717) is 6.42 Å². The van der Waals surface area contributed by atoms with Crippen molar-refractivity contribution in [3.05, 3.63) is 17.0 Å². The van der Waals surface area contributed by atoms with Gasteiger partial charge in [0.1, 0.15) is 5.69 Å². The predicted molar refractivity (Wildman–Crippen MR) is 61.4 cm³/mol. The van der Waals surface area contributed by atoms with E-state index in [1.54, 1.807) is 4.68 Å². The summed E-state index contributed by atoms with van der Waals surface area (Å²) < 4.78 is 30.0. The maximum atomic E-state index is 14.2. The zero-order chi connectivity index (χ0) is 12.5. The van der Waals surface area contributed by atoms with E-state index >= 15 is 0 Å². The van der Waals surface area contributed by atoms with Crippen molar-refractivity contribution in [2.45, 2.75) is 57.9 Å². The van der Waals surface area contributed by atoms with Crippen molar-refractivity contribution in [3.8, 4) is 0 Å². The van der Waals surface area contributed by atoms with Crippen LogP contribution in [0.4, 0.5) is 8.78 Å². The zero-order valence-corrected chi connectivity index (χ0v) is 10.7. The third-order valence-corrected chi connectivity index (χ3v) is 3.95. The molecule has 3 rings (SSSR count). The molecule has 0 bridgehead atoms. The quantitative estimate of drug-likeness (QED) is 0.769. The van der Waals surface area contributed by atoms with Crippen LogP contribution in [0.3, 0.4) is 0 Å². The average molecular weight is 240 g/mol. The summed E-state index contributed by atoms with van der Waals surface area (Å²) >= 11 is 0. The lowest BCUT2D eigenvalue weighted by atomic mass is 10.0. The highest BCUT2D eigenvalue weighted by Gasteiger charge is 2.66. The highest BCUT2D eigenvalue weighted by molar-refractivity contribution is 5.46. The Kier molecular flexibility index (Phi) is 2.03. The minimum atomic E-state index is -2.66. The van der Waals surface area contributed by atoms with E-state index in [2.05, 4.69) is 5.10 Å². The summed E-state index contributed by atoms with van der Waals surface area (Å²) in [6.07, 6.45) is 0.642. The molecule has 1 heterocycles. The number of nitrogens with zero attached hydrogens (tertiary/aromatic N) is 2. The van der Waals surface area contributed by atoms with E-state index in [-0.39, 0.29) is 23.6 Å². The van der Waals surface area contributed by atoms with E-state index in [1.165, 1.54) is 0 Å². The fourth-order valence-electron chi connectivity index (χ4n) is 3.05. The van der Waals surface area contributed by atoms with Gasteiger partial charge in [0.05, 0.1) is 5.69 Å². The van der Waals surface area contributed by atoms with Gasteiger partial charge in [0.2, 0.25) is 0 Å². The maximum absolute atomic E-state index is 14.2. The summed E-state index contributed by atoms with van der Waals surface area (Å²) in [5.41, 5.74) is 1.96. The van der Waals surface area contributed by atoms with Crippen LogP contribution in [0.2, 0.25) is 0 Å². The predicted octanol–water partition coefficient (Wildman–Crippen LogP) is 3.80. The van der Waals surface area contributed by atoms with Crippen LogP contribution in [0.5, 0.6) is 0 Å². The summed E-state index contributed by atoms with van der Waals surface area (Å²) in [6.45, 7) is 7.89. The van der Waals surface area contributed by atoms with Gasteiger partial charge in [-0.1, -0.05) is 13.8 Å². The fraction of sp³-hybridized carbons (Fsp3) is 0.769. The number of halogens is 2. The molecule has 0 N–H and O–H groups in total. The molecule has 1 aromatic heterocycles. The molecule has 1 aromatic rings.